The van der Waals surface area contributed by atoms with Crippen LogP contribution in [0.4, 0.5) is 0 Å². The van der Waals surface area contributed by atoms with Crippen molar-refractivity contribution in [2.45, 2.75) is 165 Å². The van der Waals surface area contributed by atoms with Crippen LogP contribution in [0.25, 0.3) is 0 Å². The number of carbonyl (C=O) groups is 1. The Bertz CT molecular complexity index is 1020. The molecule has 41 heavy (non-hydrogen) atoms. The second kappa shape index (κ2) is 12.1. The zero-order valence-corrected chi connectivity index (χ0v) is 31.1. The molecule has 0 aromatic heterocycles. The fraction of sp³-hybridized carbons (Fsp3) is 0.969. The first-order valence-corrected chi connectivity index (χ1v) is 16.9. The number of ether oxygens (including phenoxy) is 1. The van der Waals surface area contributed by atoms with E-state index in [1.54, 1.807) is 13.8 Å². The number of hydrogen-bond acceptors (Lipinski definition) is 4. The minimum Gasteiger partial charge on any atom is -0.480 e. The average Bonchev–Trinajstić information content (AvgIpc) is 2.60. The maximum atomic E-state index is 12.2. The van der Waals surface area contributed by atoms with Crippen molar-refractivity contribution in [3.63, 3.8) is 0 Å². The van der Waals surface area contributed by atoms with Crippen molar-refractivity contribution in [1.29, 1.82) is 0 Å². The monoisotopic (exact) mass is 600 g/mol. The van der Waals surface area contributed by atoms with Gasteiger partial charge >= 0.3 is 5.97 Å². The van der Waals surface area contributed by atoms with E-state index in [4.69, 9.17) is 4.74 Å². The van der Waals surface area contributed by atoms with Crippen LogP contribution >= 0.6 is 0 Å². The third-order valence-electron chi connectivity index (χ3n) is 11.3. The second-order valence-electron chi connectivity index (χ2n) is 18.6. The van der Waals surface area contributed by atoms with Gasteiger partial charge in [-0.1, -0.05) is 108 Å². The largest absolute Gasteiger partial charge is 0.480 e. The Morgan fingerprint density at radius 3 is 1.51 bits per heavy atom. The predicted octanol–water partition coefficient (Wildman–Crippen LogP) is 7.09. The van der Waals surface area contributed by atoms with Crippen molar-refractivity contribution in [2.24, 2.45) is 32.5 Å². The molecule has 0 aliphatic carbocycles. The molecule has 9 heteroatoms. The van der Waals surface area contributed by atoms with E-state index in [0.717, 1.165) is 12.8 Å². The van der Waals surface area contributed by atoms with E-state index in [1.807, 2.05) is 27.7 Å². The predicted molar refractivity (Wildman–Crippen MR) is 179 cm³/mol. The summed E-state index contributed by atoms with van der Waals surface area (Å²) in [5, 5.41) is 7.81. The highest BCUT2D eigenvalue weighted by molar-refractivity contribution is 7.87. The minimum atomic E-state index is -4.86. The lowest BCUT2D eigenvalue weighted by Gasteiger charge is -2.58. The SMILES string of the molecule is BC(CC(C)(C)CC(C)(C)C)C(B)C(C)(C)CC(C)(C)C(C)(C)OC(C)(C)C(C)(C)C(C)(C)C(C(=O)O)S(=O)(=O)O. The lowest BCUT2D eigenvalue weighted by molar-refractivity contribution is -0.238. The van der Waals surface area contributed by atoms with E-state index in [2.05, 4.69) is 91.9 Å². The highest BCUT2D eigenvalue weighted by Gasteiger charge is 2.60. The maximum absolute atomic E-state index is 12.2. The Balaban J connectivity index is 6.19. The zero-order chi connectivity index (χ0) is 33.6. The van der Waals surface area contributed by atoms with E-state index in [9.17, 15) is 22.9 Å². The molecule has 0 amide bonds. The first-order valence-electron chi connectivity index (χ1n) is 15.4. The molecule has 2 N–H and O–H groups in total. The first-order chi connectivity index (χ1) is 17.5. The number of aliphatic carboxylic acids is 1. The summed E-state index contributed by atoms with van der Waals surface area (Å²) in [4.78, 5) is 12.1. The molecule has 0 aliphatic heterocycles. The van der Waals surface area contributed by atoms with Crippen molar-refractivity contribution in [1.82, 2.24) is 0 Å². The quantitative estimate of drug-likeness (QED) is 0.154. The highest BCUT2D eigenvalue weighted by Crippen LogP contribution is 2.57. The molecule has 0 rings (SSSR count). The van der Waals surface area contributed by atoms with Crippen molar-refractivity contribution < 1.29 is 27.6 Å². The van der Waals surface area contributed by atoms with Gasteiger partial charge in [0.25, 0.3) is 10.1 Å². The third-order valence-corrected chi connectivity index (χ3v) is 12.7. The number of carboxylic acids is 1. The summed E-state index contributed by atoms with van der Waals surface area (Å²) >= 11 is 0. The fourth-order valence-electron chi connectivity index (χ4n) is 7.65. The lowest BCUT2D eigenvalue weighted by atomic mass is 9.49. The molecule has 0 saturated carbocycles. The molecular weight excluding hydrogens is 534 g/mol. The van der Waals surface area contributed by atoms with Crippen LogP contribution < -0.4 is 0 Å². The zero-order valence-electron chi connectivity index (χ0n) is 30.3. The van der Waals surface area contributed by atoms with Crippen molar-refractivity contribution in [3.8, 4) is 0 Å². The van der Waals surface area contributed by atoms with Gasteiger partial charge in [-0.15, -0.1) is 0 Å². The molecule has 0 saturated heterocycles. The standard InChI is InChI=1S/C32H66B2O6S/c1-25(2,3)19-26(4,5)18-21(33)22(34)27(6,7)20-28(8,9)31(14,15)40-32(16,17)30(12,13)29(10,11)23(24(35)36)41(37,38)39/h21-23H,18-20,33-34H2,1-17H3,(H,35,36)(H,37,38,39). The van der Waals surface area contributed by atoms with Gasteiger partial charge in [-0.05, 0) is 62.2 Å². The van der Waals surface area contributed by atoms with E-state index in [1.165, 1.54) is 6.42 Å². The van der Waals surface area contributed by atoms with Crippen LogP contribution in [0, 0.1) is 32.5 Å². The Kier molecular flexibility index (Phi) is 11.9. The molecule has 0 aliphatic rings. The fourth-order valence-corrected chi connectivity index (χ4v) is 8.95. The van der Waals surface area contributed by atoms with Crippen molar-refractivity contribution in [3.05, 3.63) is 0 Å². The van der Waals surface area contributed by atoms with E-state index < -0.39 is 43.4 Å². The van der Waals surface area contributed by atoms with Crippen LogP contribution in [-0.4, -0.2) is 56.2 Å². The number of hydrogen-bond donors (Lipinski definition) is 2. The van der Waals surface area contributed by atoms with Crippen LogP contribution in [0.5, 0.6) is 0 Å². The molecule has 242 valence electrons. The van der Waals surface area contributed by atoms with E-state index in [0.29, 0.717) is 11.6 Å². The van der Waals surface area contributed by atoms with E-state index >= 15 is 0 Å². The summed E-state index contributed by atoms with van der Waals surface area (Å²) in [5.41, 5.74) is -3.66. The normalized spacial score (nSPS) is 17.7. The number of rotatable bonds is 15. The van der Waals surface area contributed by atoms with Crippen LogP contribution in [0.1, 0.15) is 137 Å². The summed E-state index contributed by atoms with van der Waals surface area (Å²) < 4.78 is 41.2. The Morgan fingerprint density at radius 1 is 0.756 bits per heavy atom. The topological polar surface area (TPSA) is 101 Å². The summed E-state index contributed by atoms with van der Waals surface area (Å²) in [6, 6.07) is 0. The molecule has 3 unspecified atom stereocenters. The second-order valence-corrected chi connectivity index (χ2v) is 20.1. The molecule has 3 atom stereocenters. The molecule has 0 fully saturated rings. The molecule has 0 bridgehead atoms. The van der Waals surface area contributed by atoms with Gasteiger partial charge in [0.2, 0.25) is 0 Å². The van der Waals surface area contributed by atoms with Gasteiger partial charge in [0.05, 0.1) is 11.2 Å². The van der Waals surface area contributed by atoms with Gasteiger partial charge in [-0.3, -0.25) is 9.35 Å². The Labute approximate surface area is 256 Å². The van der Waals surface area contributed by atoms with Crippen LogP contribution in [0.3, 0.4) is 0 Å². The molecule has 0 aromatic rings. The number of carboxylic acid groups (broad SMARTS) is 1. The smallest absolute Gasteiger partial charge is 0.324 e. The molecular formula is C32H66B2O6S. The Morgan fingerprint density at radius 2 is 1.17 bits per heavy atom. The summed E-state index contributed by atoms with van der Waals surface area (Å²) in [6.07, 6.45) is 3.23. The average molecular weight is 601 g/mol. The minimum absolute atomic E-state index is 0.0136. The Hall–Kier alpha value is -0.530. The first kappa shape index (κ1) is 40.5. The highest BCUT2D eigenvalue weighted by atomic mass is 32.2. The third kappa shape index (κ3) is 9.73. The van der Waals surface area contributed by atoms with Gasteiger partial charge in [0, 0.05) is 10.8 Å². The van der Waals surface area contributed by atoms with Gasteiger partial charge in [0.1, 0.15) is 15.7 Å². The van der Waals surface area contributed by atoms with Crippen LogP contribution in [-0.2, 0) is 19.6 Å². The summed E-state index contributed by atoms with van der Waals surface area (Å²) in [6.45, 7) is 35.6. The lowest BCUT2D eigenvalue weighted by Crippen LogP contribution is -2.61. The molecule has 0 aromatic carbocycles. The van der Waals surface area contributed by atoms with Gasteiger partial charge in [0.15, 0.2) is 5.25 Å². The van der Waals surface area contributed by atoms with Crippen LogP contribution in [0.2, 0.25) is 11.6 Å². The molecule has 0 radical (unpaired) electrons. The molecule has 0 spiro atoms. The van der Waals surface area contributed by atoms with E-state index in [-0.39, 0.29) is 21.7 Å². The summed E-state index contributed by atoms with van der Waals surface area (Å²) in [5.74, 6) is -0.575. The van der Waals surface area contributed by atoms with Gasteiger partial charge in [-0.25, -0.2) is 0 Å². The van der Waals surface area contributed by atoms with Crippen molar-refractivity contribution in [2.75, 3.05) is 0 Å². The molecule has 0 heterocycles. The van der Waals surface area contributed by atoms with Crippen molar-refractivity contribution >= 4 is 31.8 Å². The maximum Gasteiger partial charge on any atom is 0.324 e. The van der Waals surface area contributed by atoms with Crippen LogP contribution in [0.15, 0.2) is 0 Å². The summed E-state index contributed by atoms with van der Waals surface area (Å²) in [7, 11) is -0.102. The van der Waals surface area contributed by atoms with Gasteiger partial charge < -0.3 is 9.84 Å². The van der Waals surface area contributed by atoms with Gasteiger partial charge in [-0.2, -0.15) is 8.42 Å². The molecule has 6 nitrogen and oxygen atoms in total.